The lowest BCUT2D eigenvalue weighted by molar-refractivity contribution is -0.118. The topological polar surface area (TPSA) is 72.2 Å². The van der Waals surface area contributed by atoms with Gasteiger partial charge < -0.3 is 11.1 Å². The second-order valence-electron chi connectivity index (χ2n) is 5.88. The Labute approximate surface area is 123 Å². The molecule has 0 aliphatic rings. The molecule has 0 aliphatic carbocycles. The second kappa shape index (κ2) is 10.2. The van der Waals surface area contributed by atoms with Crippen molar-refractivity contribution in [2.24, 2.45) is 5.73 Å². The maximum Gasteiger partial charge on any atom is 0.246 e. The second-order valence-corrected chi connectivity index (χ2v) is 5.88. The summed E-state index contributed by atoms with van der Waals surface area (Å²) in [5.74, 6) is -0.386. The lowest BCUT2D eigenvalue weighted by atomic mass is 10.1. The van der Waals surface area contributed by atoms with Crippen molar-refractivity contribution in [2.75, 3.05) is 0 Å². The monoisotopic (exact) mass is 282 g/mol. The Morgan fingerprint density at radius 3 is 2.00 bits per heavy atom. The van der Waals surface area contributed by atoms with Crippen LogP contribution >= 0.6 is 0 Å². The Morgan fingerprint density at radius 1 is 1.25 bits per heavy atom. The zero-order chi connectivity index (χ0) is 16.3. The number of rotatable bonds is 5. The molecular weight excluding hydrogens is 252 g/mol. The molecule has 0 spiro atoms. The summed E-state index contributed by atoms with van der Waals surface area (Å²) in [5, 5.41) is 2.78. The molecule has 0 radical (unpaired) electrons. The van der Waals surface area contributed by atoms with Crippen LogP contribution in [0.5, 0.6) is 0 Å². The average molecular weight is 282 g/mol. The number of carbonyl (C=O) groups is 2. The third-order valence-electron chi connectivity index (χ3n) is 2.27. The standard InChI is InChI=1S/2C8H15NO/c1-6(2)7(10)9-8(3,4)5;1-3-4-5-6-7(2)8(9)10/h1H2,2-5H3,(H,9,10);6H,3-5H2,1-2H3,(H2,9,10). The van der Waals surface area contributed by atoms with Gasteiger partial charge in [0, 0.05) is 16.7 Å². The number of hydrogen-bond donors (Lipinski definition) is 2. The van der Waals surface area contributed by atoms with Gasteiger partial charge in [0.15, 0.2) is 0 Å². The van der Waals surface area contributed by atoms with Crippen molar-refractivity contribution in [3.63, 3.8) is 0 Å². The third-order valence-corrected chi connectivity index (χ3v) is 2.27. The van der Waals surface area contributed by atoms with E-state index in [0.717, 1.165) is 19.3 Å². The van der Waals surface area contributed by atoms with Crippen molar-refractivity contribution in [3.8, 4) is 0 Å². The highest BCUT2D eigenvalue weighted by Crippen LogP contribution is 2.00. The normalized spacial score (nSPS) is 11.2. The molecule has 0 aromatic heterocycles. The van der Waals surface area contributed by atoms with Gasteiger partial charge in [-0.25, -0.2) is 0 Å². The van der Waals surface area contributed by atoms with Gasteiger partial charge in [-0.05, 0) is 41.0 Å². The molecule has 0 aromatic rings. The minimum absolute atomic E-state index is 0.0764. The smallest absolute Gasteiger partial charge is 0.246 e. The highest BCUT2D eigenvalue weighted by atomic mass is 16.2. The largest absolute Gasteiger partial charge is 0.366 e. The van der Waals surface area contributed by atoms with Crippen LogP contribution in [0.2, 0.25) is 0 Å². The fraction of sp³-hybridized carbons (Fsp3) is 0.625. The number of allylic oxidation sites excluding steroid dienone is 1. The Kier molecular flexibility index (Phi) is 10.6. The van der Waals surface area contributed by atoms with Gasteiger partial charge >= 0.3 is 0 Å². The summed E-state index contributed by atoms with van der Waals surface area (Å²) in [6.45, 7) is 14.9. The van der Waals surface area contributed by atoms with Crippen LogP contribution in [0.1, 0.15) is 60.8 Å². The summed E-state index contributed by atoms with van der Waals surface area (Å²) in [6.07, 6.45) is 5.14. The van der Waals surface area contributed by atoms with Crippen molar-refractivity contribution in [3.05, 3.63) is 23.8 Å². The van der Waals surface area contributed by atoms with E-state index in [4.69, 9.17) is 5.73 Å². The number of amides is 2. The first-order valence-corrected chi connectivity index (χ1v) is 6.95. The molecule has 0 aliphatic heterocycles. The number of nitrogens with two attached hydrogens (primary N) is 1. The molecule has 0 bridgehead atoms. The molecule has 0 heterocycles. The predicted molar refractivity (Wildman–Crippen MR) is 85.2 cm³/mol. The Bertz CT molecular complexity index is 363. The Balaban J connectivity index is 0. The van der Waals surface area contributed by atoms with Crippen molar-refractivity contribution >= 4 is 11.8 Å². The van der Waals surface area contributed by atoms with Crippen LogP contribution in [0.4, 0.5) is 0 Å². The molecule has 4 nitrogen and oxygen atoms in total. The van der Waals surface area contributed by atoms with Gasteiger partial charge in [-0.15, -0.1) is 0 Å². The van der Waals surface area contributed by atoms with Crippen LogP contribution in [0.25, 0.3) is 0 Å². The van der Waals surface area contributed by atoms with Crippen LogP contribution in [-0.2, 0) is 9.59 Å². The van der Waals surface area contributed by atoms with Crippen molar-refractivity contribution in [1.82, 2.24) is 5.32 Å². The van der Waals surface area contributed by atoms with E-state index < -0.39 is 0 Å². The molecule has 0 fully saturated rings. The number of carbonyl (C=O) groups excluding carboxylic acids is 2. The third kappa shape index (κ3) is 14.5. The molecule has 20 heavy (non-hydrogen) atoms. The van der Waals surface area contributed by atoms with Crippen molar-refractivity contribution < 1.29 is 9.59 Å². The van der Waals surface area contributed by atoms with Crippen LogP contribution < -0.4 is 11.1 Å². The summed E-state index contributed by atoms with van der Waals surface area (Å²) < 4.78 is 0. The molecule has 0 atom stereocenters. The average Bonchev–Trinajstić information content (AvgIpc) is 2.27. The van der Waals surface area contributed by atoms with Crippen molar-refractivity contribution in [1.29, 1.82) is 0 Å². The van der Waals surface area contributed by atoms with E-state index in [1.165, 1.54) is 0 Å². The van der Waals surface area contributed by atoms with Gasteiger partial charge in [-0.2, -0.15) is 0 Å². The van der Waals surface area contributed by atoms with E-state index in [2.05, 4.69) is 18.8 Å². The SMILES string of the molecule is C=C(C)C(=O)NC(C)(C)C.CCCCC=C(C)C(N)=O. The minimum atomic E-state index is -0.309. The zero-order valence-corrected chi connectivity index (χ0v) is 13.8. The van der Waals surface area contributed by atoms with E-state index in [1.54, 1.807) is 13.8 Å². The first kappa shape index (κ1) is 20.7. The highest BCUT2D eigenvalue weighted by molar-refractivity contribution is 5.92. The lowest BCUT2D eigenvalue weighted by Crippen LogP contribution is -2.40. The molecule has 3 N–H and O–H groups in total. The van der Waals surface area contributed by atoms with Crippen LogP contribution in [0.15, 0.2) is 23.8 Å². The van der Waals surface area contributed by atoms with Gasteiger partial charge in [0.2, 0.25) is 11.8 Å². The minimum Gasteiger partial charge on any atom is -0.366 e. The number of nitrogens with one attached hydrogen (secondary N) is 1. The van der Waals surface area contributed by atoms with Crippen molar-refractivity contribution in [2.45, 2.75) is 66.3 Å². The number of hydrogen-bond acceptors (Lipinski definition) is 2. The molecule has 0 aromatic carbocycles. The molecular formula is C16H30N2O2. The first-order chi connectivity index (χ1) is 9.01. The first-order valence-electron chi connectivity index (χ1n) is 6.95. The van der Waals surface area contributed by atoms with E-state index in [-0.39, 0.29) is 17.4 Å². The fourth-order valence-corrected chi connectivity index (χ4v) is 1.07. The van der Waals surface area contributed by atoms with E-state index in [1.807, 2.05) is 26.8 Å². The predicted octanol–water partition coefficient (Wildman–Crippen LogP) is 3.09. The highest BCUT2D eigenvalue weighted by Gasteiger charge is 2.13. The van der Waals surface area contributed by atoms with Gasteiger partial charge in [-0.3, -0.25) is 9.59 Å². The summed E-state index contributed by atoms with van der Waals surface area (Å²) in [6, 6.07) is 0. The maximum atomic E-state index is 10.9. The van der Waals surface area contributed by atoms with E-state index >= 15 is 0 Å². The van der Waals surface area contributed by atoms with Crippen LogP contribution in [0.3, 0.4) is 0 Å². The zero-order valence-electron chi connectivity index (χ0n) is 13.8. The lowest BCUT2D eigenvalue weighted by Gasteiger charge is -2.20. The molecule has 0 rings (SSSR count). The fourth-order valence-electron chi connectivity index (χ4n) is 1.07. The summed E-state index contributed by atoms with van der Waals surface area (Å²) in [7, 11) is 0. The Hall–Kier alpha value is -1.58. The molecule has 0 saturated carbocycles. The van der Waals surface area contributed by atoms with Gasteiger partial charge in [-0.1, -0.05) is 32.4 Å². The summed E-state index contributed by atoms with van der Waals surface area (Å²) in [4.78, 5) is 21.4. The van der Waals surface area contributed by atoms with E-state index in [9.17, 15) is 9.59 Å². The van der Waals surface area contributed by atoms with Gasteiger partial charge in [0.1, 0.15) is 0 Å². The van der Waals surface area contributed by atoms with Crippen LogP contribution in [-0.4, -0.2) is 17.4 Å². The van der Waals surface area contributed by atoms with Gasteiger partial charge in [0.25, 0.3) is 0 Å². The summed E-state index contributed by atoms with van der Waals surface area (Å²) in [5.41, 5.74) is 6.08. The van der Waals surface area contributed by atoms with Crippen LogP contribution in [0, 0.1) is 0 Å². The summed E-state index contributed by atoms with van der Waals surface area (Å²) >= 11 is 0. The number of primary amides is 1. The quantitative estimate of drug-likeness (QED) is 0.601. The maximum absolute atomic E-state index is 10.9. The molecule has 116 valence electrons. The molecule has 0 saturated heterocycles. The molecule has 2 amide bonds. The number of unbranched alkanes of at least 4 members (excludes halogenated alkanes) is 2. The molecule has 4 heteroatoms. The Morgan fingerprint density at radius 2 is 1.75 bits per heavy atom. The van der Waals surface area contributed by atoms with Gasteiger partial charge in [0.05, 0.1) is 0 Å². The molecule has 0 unspecified atom stereocenters. The van der Waals surface area contributed by atoms with E-state index in [0.29, 0.717) is 11.1 Å².